The molecule has 1 aromatic rings. The molecule has 0 aliphatic rings. The molecular formula is C11H17NO2. The minimum Gasteiger partial charge on any atom is -0.495 e. The molecule has 78 valence electrons. The van der Waals surface area contributed by atoms with Crippen LogP contribution in [0.15, 0.2) is 24.3 Å². The standard InChI is InChI=1S/C9H11NO2.C2H6/c1-7(11)10-8-5-3-4-6-9(8)12-2;1-2/h3-6H,1-2H3,(H,10,11);1-2H3. The van der Waals surface area contributed by atoms with E-state index in [2.05, 4.69) is 5.32 Å². The number of anilines is 1. The summed E-state index contributed by atoms with van der Waals surface area (Å²) < 4.78 is 5.03. The van der Waals surface area contributed by atoms with Gasteiger partial charge in [-0.2, -0.15) is 0 Å². The lowest BCUT2D eigenvalue weighted by Gasteiger charge is -2.07. The number of hydrogen-bond acceptors (Lipinski definition) is 2. The van der Waals surface area contributed by atoms with Crippen LogP contribution in [0.3, 0.4) is 0 Å². The van der Waals surface area contributed by atoms with Gasteiger partial charge >= 0.3 is 0 Å². The Balaban J connectivity index is 0.000000791. The molecule has 3 nitrogen and oxygen atoms in total. The van der Waals surface area contributed by atoms with Crippen LogP contribution in [-0.4, -0.2) is 13.0 Å². The highest BCUT2D eigenvalue weighted by atomic mass is 16.5. The van der Waals surface area contributed by atoms with E-state index in [1.165, 1.54) is 6.92 Å². The zero-order valence-electron chi connectivity index (χ0n) is 9.13. The van der Waals surface area contributed by atoms with E-state index in [1.807, 2.05) is 26.0 Å². The van der Waals surface area contributed by atoms with Crippen LogP contribution in [-0.2, 0) is 4.79 Å². The Morgan fingerprint density at radius 2 is 1.86 bits per heavy atom. The number of ether oxygens (including phenoxy) is 1. The largest absolute Gasteiger partial charge is 0.495 e. The normalized spacial score (nSPS) is 8.29. The van der Waals surface area contributed by atoms with Crippen LogP contribution >= 0.6 is 0 Å². The molecule has 0 bridgehead atoms. The molecule has 0 fully saturated rings. The van der Waals surface area contributed by atoms with Gasteiger partial charge in [-0.3, -0.25) is 4.79 Å². The summed E-state index contributed by atoms with van der Waals surface area (Å²) >= 11 is 0. The van der Waals surface area contributed by atoms with Crippen molar-refractivity contribution in [3.05, 3.63) is 24.3 Å². The van der Waals surface area contributed by atoms with E-state index in [1.54, 1.807) is 19.2 Å². The predicted octanol–water partition coefficient (Wildman–Crippen LogP) is 2.68. The number of amides is 1. The summed E-state index contributed by atoms with van der Waals surface area (Å²) in [7, 11) is 1.57. The molecule has 0 spiro atoms. The van der Waals surface area contributed by atoms with E-state index in [9.17, 15) is 4.79 Å². The maximum Gasteiger partial charge on any atom is 0.221 e. The summed E-state index contributed by atoms with van der Waals surface area (Å²) in [6, 6.07) is 7.28. The fraction of sp³-hybridized carbons (Fsp3) is 0.364. The van der Waals surface area contributed by atoms with Crippen molar-refractivity contribution in [2.45, 2.75) is 20.8 Å². The van der Waals surface area contributed by atoms with E-state index in [-0.39, 0.29) is 5.91 Å². The van der Waals surface area contributed by atoms with E-state index < -0.39 is 0 Å². The lowest BCUT2D eigenvalue weighted by Crippen LogP contribution is -2.06. The van der Waals surface area contributed by atoms with Gasteiger partial charge in [0.2, 0.25) is 5.91 Å². The molecule has 0 radical (unpaired) electrons. The van der Waals surface area contributed by atoms with Crippen LogP contribution in [0.1, 0.15) is 20.8 Å². The number of para-hydroxylation sites is 2. The highest BCUT2D eigenvalue weighted by Gasteiger charge is 2.01. The van der Waals surface area contributed by atoms with Gasteiger partial charge in [0.25, 0.3) is 0 Å². The van der Waals surface area contributed by atoms with E-state index >= 15 is 0 Å². The second-order valence-electron chi connectivity index (χ2n) is 2.38. The lowest BCUT2D eigenvalue weighted by atomic mass is 10.3. The monoisotopic (exact) mass is 195 g/mol. The van der Waals surface area contributed by atoms with E-state index in [4.69, 9.17) is 4.74 Å². The summed E-state index contributed by atoms with van der Waals surface area (Å²) in [5.41, 5.74) is 0.701. The maximum atomic E-state index is 10.7. The van der Waals surface area contributed by atoms with E-state index in [0.29, 0.717) is 11.4 Å². The molecule has 0 heterocycles. The summed E-state index contributed by atoms with van der Waals surface area (Å²) in [5.74, 6) is 0.576. The van der Waals surface area contributed by atoms with Gasteiger partial charge in [-0.15, -0.1) is 0 Å². The minimum atomic E-state index is -0.0977. The molecule has 0 aromatic heterocycles. The Morgan fingerprint density at radius 3 is 2.36 bits per heavy atom. The third-order valence-corrected chi connectivity index (χ3v) is 1.42. The Labute approximate surface area is 85.1 Å². The minimum absolute atomic E-state index is 0.0977. The van der Waals surface area contributed by atoms with Crippen molar-refractivity contribution in [1.82, 2.24) is 0 Å². The molecule has 0 unspecified atom stereocenters. The first-order valence-electron chi connectivity index (χ1n) is 4.64. The molecule has 1 N–H and O–H groups in total. The van der Waals surface area contributed by atoms with Crippen LogP contribution in [0.4, 0.5) is 5.69 Å². The Bertz CT molecular complexity index is 284. The summed E-state index contributed by atoms with van der Waals surface area (Å²) in [4.78, 5) is 10.7. The van der Waals surface area contributed by atoms with Crippen molar-refractivity contribution in [1.29, 1.82) is 0 Å². The molecule has 0 saturated heterocycles. The van der Waals surface area contributed by atoms with Gasteiger partial charge in [0.05, 0.1) is 12.8 Å². The number of benzene rings is 1. The number of methoxy groups -OCH3 is 1. The molecule has 14 heavy (non-hydrogen) atoms. The van der Waals surface area contributed by atoms with Crippen LogP contribution in [0.5, 0.6) is 5.75 Å². The van der Waals surface area contributed by atoms with Crippen LogP contribution in [0.2, 0.25) is 0 Å². The quantitative estimate of drug-likeness (QED) is 0.787. The maximum absolute atomic E-state index is 10.7. The third kappa shape index (κ3) is 3.94. The molecule has 3 heteroatoms. The molecule has 0 saturated carbocycles. The van der Waals surface area contributed by atoms with Crippen molar-refractivity contribution in [2.24, 2.45) is 0 Å². The number of carbonyl (C=O) groups is 1. The number of nitrogens with one attached hydrogen (secondary N) is 1. The fourth-order valence-corrected chi connectivity index (χ4v) is 0.938. The van der Waals surface area contributed by atoms with Crippen molar-refractivity contribution < 1.29 is 9.53 Å². The molecule has 1 rings (SSSR count). The van der Waals surface area contributed by atoms with Crippen molar-refractivity contribution >= 4 is 11.6 Å². The number of hydrogen-bond donors (Lipinski definition) is 1. The molecule has 1 amide bonds. The average molecular weight is 195 g/mol. The molecule has 0 atom stereocenters. The first kappa shape index (κ1) is 12.5. The first-order chi connectivity index (χ1) is 6.74. The van der Waals surface area contributed by atoms with Gasteiger partial charge in [0.15, 0.2) is 0 Å². The van der Waals surface area contributed by atoms with Crippen LogP contribution < -0.4 is 10.1 Å². The first-order valence-corrected chi connectivity index (χ1v) is 4.64. The van der Waals surface area contributed by atoms with Crippen LogP contribution in [0.25, 0.3) is 0 Å². The fourth-order valence-electron chi connectivity index (χ4n) is 0.938. The van der Waals surface area contributed by atoms with E-state index in [0.717, 1.165) is 0 Å². The summed E-state index contributed by atoms with van der Waals surface area (Å²) in [6.45, 7) is 5.46. The van der Waals surface area contributed by atoms with Crippen LogP contribution in [0, 0.1) is 0 Å². The topological polar surface area (TPSA) is 38.3 Å². The van der Waals surface area contributed by atoms with Gasteiger partial charge < -0.3 is 10.1 Å². The SMILES string of the molecule is CC.COc1ccccc1NC(C)=O. The summed E-state index contributed by atoms with van der Waals surface area (Å²) in [6.07, 6.45) is 0. The Hall–Kier alpha value is -1.51. The second kappa shape index (κ2) is 6.95. The van der Waals surface area contributed by atoms with Gasteiger partial charge in [0, 0.05) is 6.92 Å². The Morgan fingerprint density at radius 1 is 1.29 bits per heavy atom. The van der Waals surface area contributed by atoms with Gasteiger partial charge in [0.1, 0.15) is 5.75 Å². The predicted molar refractivity (Wildman–Crippen MR) is 58.6 cm³/mol. The second-order valence-corrected chi connectivity index (χ2v) is 2.38. The third-order valence-electron chi connectivity index (χ3n) is 1.42. The molecule has 0 aliphatic heterocycles. The summed E-state index contributed by atoms with van der Waals surface area (Å²) in [5, 5.41) is 2.66. The average Bonchev–Trinajstić information content (AvgIpc) is 2.21. The van der Waals surface area contributed by atoms with Crippen molar-refractivity contribution in [3.63, 3.8) is 0 Å². The van der Waals surface area contributed by atoms with Crippen molar-refractivity contribution in [3.8, 4) is 5.75 Å². The smallest absolute Gasteiger partial charge is 0.221 e. The highest BCUT2D eigenvalue weighted by Crippen LogP contribution is 2.22. The van der Waals surface area contributed by atoms with Gasteiger partial charge in [-0.25, -0.2) is 0 Å². The zero-order chi connectivity index (χ0) is 11.0. The van der Waals surface area contributed by atoms with Gasteiger partial charge in [-0.1, -0.05) is 26.0 Å². The number of rotatable bonds is 2. The van der Waals surface area contributed by atoms with Gasteiger partial charge in [-0.05, 0) is 12.1 Å². The Kier molecular flexibility index (Phi) is 6.20. The van der Waals surface area contributed by atoms with Crippen molar-refractivity contribution in [2.75, 3.05) is 12.4 Å². The molecular weight excluding hydrogens is 178 g/mol. The number of carbonyl (C=O) groups excluding carboxylic acids is 1. The molecule has 1 aromatic carbocycles. The highest BCUT2D eigenvalue weighted by molar-refractivity contribution is 5.90. The zero-order valence-corrected chi connectivity index (χ0v) is 9.13. The molecule has 0 aliphatic carbocycles. The lowest BCUT2D eigenvalue weighted by molar-refractivity contribution is -0.114.